The monoisotopic (exact) mass is 291 g/mol. The summed E-state index contributed by atoms with van der Waals surface area (Å²) in [6, 6.07) is 4.34. The van der Waals surface area contributed by atoms with Crippen molar-refractivity contribution in [2.24, 2.45) is 0 Å². The molecule has 0 saturated carbocycles. The summed E-state index contributed by atoms with van der Waals surface area (Å²) in [6.45, 7) is 10.4. The van der Waals surface area contributed by atoms with Gasteiger partial charge >= 0.3 is 0 Å². The second-order valence-electron chi connectivity index (χ2n) is 5.97. The summed E-state index contributed by atoms with van der Waals surface area (Å²) in [5.74, 6) is 0.664. The molecule has 4 heteroatoms. The van der Waals surface area contributed by atoms with Crippen LogP contribution in [-0.2, 0) is 4.74 Å². The molecule has 1 aliphatic rings. The Hall–Kier alpha value is -1.39. The highest BCUT2D eigenvalue weighted by Crippen LogP contribution is 2.27. The largest absolute Gasteiger partial charge is 0.496 e. The number of hydrogen-bond donors (Lipinski definition) is 0. The maximum Gasteiger partial charge on any atom is 0.196 e. The maximum atomic E-state index is 12.8. The quantitative estimate of drug-likeness (QED) is 0.799. The summed E-state index contributed by atoms with van der Waals surface area (Å²) in [6.07, 6.45) is -0.406. The minimum absolute atomic E-state index is 0.0229. The Morgan fingerprint density at radius 1 is 1.38 bits per heavy atom. The summed E-state index contributed by atoms with van der Waals surface area (Å²) >= 11 is 0. The molecule has 1 aromatic carbocycles. The van der Waals surface area contributed by atoms with E-state index in [1.165, 1.54) is 0 Å². The van der Waals surface area contributed by atoms with Crippen LogP contribution in [0.2, 0.25) is 0 Å². The maximum absolute atomic E-state index is 12.8. The Bertz CT molecular complexity index is 525. The third-order valence-electron chi connectivity index (χ3n) is 4.03. The Kier molecular flexibility index (Phi) is 5.01. The van der Waals surface area contributed by atoms with Crippen molar-refractivity contribution < 1.29 is 14.3 Å². The molecule has 116 valence electrons. The molecule has 4 nitrogen and oxygen atoms in total. The standard InChI is InChI=1S/C17H25NO3/c1-11(2)18-6-7-21-15(10-18)17(19)16-13(4)8-12(3)9-14(16)20-5/h8-9,11,15H,6-7,10H2,1-5H3. The van der Waals surface area contributed by atoms with E-state index in [1.807, 2.05) is 26.0 Å². The van der Waals surface area contributed by atoms with Crippen molar-refractivity contribution in [2.45, 2.75) is 39.8 Å². The molecular formula is C17H25NO3. The number of carbonyl (C=O) groups is 1. The lowest BCUT2D eigenvalue weighted by Gasteiger charge is -2.35. The molecule has 1 aliphatic heterocycles. The predicted molar refractivity (Wildman–Crippen MR) is 83.2 cm³/mol. The first kappa shape index (κ1) is 16.0. The number of benzene rings is 1. The van der Waals surface area contributed by atoms with Gasteiger partial charge in [0.1, 0.15) is 11.9 Å². The lowest BCUT2D eigenvalue weighted by atomic mass is 9.97. The Labute approximate surface area is 127 Å². The van der Waals surface area contributed by atoms with Gasteiger partial charge in [0.05, 0.1) is 19.3 Å². The number of carbonyl (C=O) groups excluding carboxylic acids is 1. The number of rotatable bonds is 4. The highest BCUT2D eigenvalue weighted by atomic mass is 16.5. The first-order chi connectivity index (χ1) is 9.93. The average molecular weight is 291 g/mol. The summed E-state index contributed by atoms with van der Waals surface area (Å²) in [5.41, 5.74) is 2.69. The highest BCUT2D eigenvalue weighted by Gasteiger charge is 2.31. The van der Waals surface area contributed by atoms with Crippen LogP contribution in [0.4, 0.5) is 0 Å². The minimum Gasteiger partial charge on any atom is -0.496 e. The van der Waals surface area contributed by atoms with Gasteiger partial charge in [-0.25, -0.2) is 0 Å². The van der Waals surface area contributed by atoms with Gasteiger partial charge in [-0.15, -0.1) is 0 Å². The number of Topliss-reactive ketones (excluding diaryl/α,β-unsaturated/α-hetero) is 1. The molecule has 0 spiro atoms. The molecule has 0 aromatic heterocycles. The lowest BCUT2D eigenvalue weighted by Crippen LogP contribution is -2.48. The predicted octanol–water partition coefficient (Wildman–Crippen LogP) is 2.60. The van der Waals surface area contributed by atoms with Crippen LogP contribution in [0.15, 0.2) is 12.1 Å². The third kappa shape index (κ3) is 3.44. The normalized spacial score (nSPS) is 19.8. The summed E-state index contributed by atoms with van der Waals surface area (Å²) < 4.78 is 11.1. The van der Waals surface area contributed by atoms with Crippen molar-refractivity contribution in [3.63, 3.8) is 0 Å². The first-order valence-electron chi connectivity index (χ1n) is 7.49. The van der Waals surface area contributed by atoms with E-state index in [2.05, 4.69) is 18.7 Å². The van der Waals surface area contributed by atoms with Gasteiger partial charge < -0.3 is 9.47 Å². The number of methoxy groups -OCH3 is 1. The molecule has 1 saturated heterocycles. The number of nitrogens with zero attached hydrogens (tertiary/aromatic N) is 1. The number of ether oxygens (including phenoxy) is 2. The van der Waals surface area contributed by atoms with E-state index >= 15 is 0 Å². The number of hydrogen-bond acceptors (Lipinski definition) is 4. The molecule has 2 rings (SSSR count). The number of morpholine rings is 1. The molecule has 1 fully saturated rings. The van der Waals surface area contributed by atoms with Gasteiger partial charge in [-0.3, -0.25) is 9.69 Å². The molecule has 1 unspecified atom stereocenters. The van der Waals surface area contributed by atoms with Gasteiger partial charge in [0.25, 0.3) is 0 Å². The number of ketones is 1. The van der Waals surface area contributed by atoms with Crippen molar-refractivity contribution in [3.8, 4) is 5.75 Å². The van der Waals surface area contributed by atoms with Crippen LogP contribution in [0.5, 0.6) is 5.75 Å². The molecule has 0 amide bonds. The van der Waals surface area contributed by atoms with Gasteiger partial charge in [-0.1, -0.05) is 6.07 Å². The minimum atomic E-state index is -0.406. The average Bonchev–Trinajstić information content (AvgIpc) is 2.45. The van der Waals surface area contributed by atoms with Gasteiger partial charge in [0.2, 0.25) is 0 Å². The molecular weight excluding hydrogens is 266 g/mol. The van der Waals surface area contributed by atoms with Crippen LogP contribution < -0.4 is 4.74 Å². The SMILES string of the molecule is COc1cc(C)cc(C)c1C(=O)C1CN(C(C)C)CCO1. The fourth-order valence-corrected chi connectivity index (χ4v) is 2.86. The Balaban J connectivity index is 2.27. The molecule has 1 heterocycles. The zero-order chi connectivity index (χ0) is 15.6. The topological polar surface area (TPSA) is 38.8 Å². The Morgan fingerprint density at radius 3 is 2.71 bits per heavy atom. The first-order valence-corrected chi connectivity index (χ1v) is 7.49. The molecule has 1 aromatic rings. The van der Waals surface area contributed by atoms with Crippen LogP contribution in [0.3, 0.4) is 0 Å². The van der Waals surface area contributed by atoms with E-state index in [0.717, 1.165) is 17.7 Å². The van der Waals surface area contributed by atoms with Crippen molar-refractivity contribution in [1.82, 2.24) is 4.90 Å². The highest BCUT2D eigenvalue weighted by molar-refractivity contribution is 6.03. The van der Waals surface area contributed by atoms with Gasteiger partial charge in [-0.05, 0) is 44.9 Å². The van der Waals surface area contributed by atoms with E-state index < -0.39 is 6.10 Å². The zero-order valence-electron chi connectivity index (χ0n) is 13.6. The van der Waals surface area contributed by atoms with E-state index in [0.29, 0.717) is 30.5 Å². The summed E-state index contributed by atoms with van der Waals surface area (Å²) in [5, 5.41) is 0. The second-order valence-corrected chi connectivity index (χ2v) is 5.97. The lowest BCUT2D eigenvalue weighted by molar-refractivity contribution is -0.0257. The second kappa shape index (κ2) is 6.58. The Morgan fingerprint density at radius 2 is 2.10 bits per heavy atom. The van der Waals surface area contributed by atoms with E-state index in [-0.39, 0.29) is 5.78 Å². The molecule has 0 aliphatic carbocycles. The van der Waals surface area contributed by atoms with E-state index in [1.54, 1.807) is 7.11 Å². The fourth-order valence-electron chi connectivity index (χ4n) is 2.86. The van der Waals surface area contributed by atoms with Crippen LogP contribution in [0, 0.1) is 13.8 Å². The molecule has 0 N–H and O–H groups in total. The summed E-state index contributed by atoms with van der Waals surface area (Å²) in [7, 11) is 1.60. The summed E-state index contributed by atoms with van der Waals surface area (Å²) in [4.78, 5) is 15.1. The van der Waals surface area contributed by atoms with Gasteiger partial charge in [0, 0.05) is 19.1 Å². The van der Waals surface area contributed by atoms with Crippen molar-refractivity contribution in [1.29, 1.82) is 0 Å². The van der Waals surface area contributed by atoms with Gasteiger partial charge in [0.15, 0.2) is 5.78 Å². The van der Waals surface area contributed by atoms with Gasteiger partial charge in [-0.2, -0.15) is 0 Å². The molecule has 0 radical (unpaired) electrons. The zero-order valence-corrected chi connectivity index (χ0v) is 13.6. The van der Waals surface area contributed by atoms with Crippen LogP contribution in [0.25, 0.3) is 0 Å². The van der Waals surface area contributed by atoms with E-state index in [4.69, 9.17) is 9.47 Å². The van der Waals surface area contributed by atoms with Crippen molar-refractivity contribution in [2.75, 3.05) is 26.8 Å². The van der Waals surface area contributed by atoms with Crippen molar-refractivity contribution >= 4 is 5.78 Å². The van der Waals surface area contributed by atoms with Crippen molar-refractivity contribution in [3.05, 3.63) is 28.8 Å². The fraction of sp³-hybridized carbons (Fsp3) is 0.588. The van der Waals surface area contributed by atoms with E-state index in [9.17, 15) is 4.79 Å². The van der Waals surface area contributed by atoms with Crippen LogP contribution in [-0.4, -0.2) is 49.6 Å². The number of aryl methyl sites for hydroxylation is 2. The van der Waals surface area contributed by atoms with Crippen LogP contribution >= 0.6 is 0 Å². The smallest absolute Gasteiger partial charge is 0.196 e. The van der Waals surface area contributed by atoms with Crippen LogP contribution in [0.1, 0.15) is 35.3 Å². The molecule has 1 atom stereocenters. The molecule has 0 bridgehead atoms. The third-order valence-corrected chi connectivity index (χ3v) is 4.03. The molecule has 21 heavy (non-hydrogen) atoms.